The van der Waals surface area contributed by atoms with E-state index in [9.17, 15) is 4.79 Å². The van der Waals surface area contributed by atoms with Gasteiger partial charge in [0.25, 0.3) is 5.91 Å². The Kier molecular flexibility index (Phi) is 6.16. The molecule has 1 heterocycles. The lowest BCUT2D eigenvalue weighted by Gasteiger charge is -2.37. The SMILES string of the molecule is COc1cc(C(=O)N2CCN(CC(C)(C)C)CC2)cc(OC)c1OC. The quantitative estimate of drug-likeness (QED) is 0.817. The van der Waals surface area contributed by atoms with E-state index in [0.29, 0.717) is 22.8 Å². The average Bonchev–Trinajstić information content (AvgIpc) is 2.59. The maximum atomic E-state index is 12.9. The zero-order chi connectivity index (χ0) is 18.6. The molecule has 1 aliphatic heterocycles. The fraction of sp³-hybridized carbons (Fsp3) is 0.632. The highest BCUT2D eigenvalue weighted by atomic mass is 16.5. The molecule has 0 aromatic heterocycles. The number of amides is 1. The number of ether oxygens (including phenoxy) is 3. The number of hydrogen-bond acceptors (Lipinski definition) is 5. The summed E-state index contributed by atoms with van der Waals surface area (Å²) < 4.78 is 16.0. The van der Waals surface area contributed by atoms with Crippen molar-refractivity contribution in [2.45, 2.75) is 20.8 Å². The number of nitrogens with zero attached hydrogens (tertiary/aromatic N) is 2. The molecule has 1 amide bonds. The summed E-state index contributed by atoms with van der Waals surface area (Å²) in [6.45, 7) is 11.0. The predicted octanol–water partition coefficient (Wildman–Crippen LogP) is 2.52. The van der Waals surface area contributed by atoms with E-state index >= 15 is 0 Å². The molecule has 140 valence electrons. The molecule has 1 fully saturated rings. The van der Waals surface area contributed by atoms with Crippen LogP contribution in [0, 0.1) is 5.41 Å². The van der Waals surface area contributed by atoms with Crippen molar-refractivity contribution in [3.05, 3.63) is 17.7 Å². The van der Waals surface area contributed by atoms with Gasteiger partial charge in [-0.2, -0.15) is 0 Å². The van der Waals surface area contributed by atoms with Crippen LogP contribution in [0.2, 0.25) is 0 Å². The van der Waals surface area contributed by atoms with E-state index in [1.54, 1.807) is 33.5 Å². The van der Waals surface area contributed by atoms with Crippen molar-refractivity contribution < 1.29 is 19.0 Å². The van der Waals surface area contributed by atoms with Crippen LogP contribution >= 0.6 is 0 Å². The van der Waals surface area contributed by atoms with Crippen LogP contribution in [0.5, 0.6) is 17.2 Å². The molecule has 25 heavy (non-hydrogen) atoms. The Morgan fingerprint density at radius 3 is 1.88 bits per heavy atom. The van der Waals surface area contributed by atoms with Gasteiger partial charge in [0.2, 0.25) is 5.75 Å². The number of benzene rings is 1. The smallest absolute Gasteiger partial charge is 0.254 e. The molecule has 2 rings (SSSR count). The third-order valence-corrected chi connectivity index (χ3v) is 4.27. The average molecular weight is 350 g/mol. The summed E-state index contributed by atoms with van der Waals surface area (Å²) in [5, 5.41) is 0. The zero-order valence-electron chi connectivity index (χ0n) is 16.2. The maximum Gasteiger partial charge on any atom is 0.254 e. The Bertz CT molecular complexity index is 577. The van der Waals surface area contributed by atoms with Crippen LogP contribution in [0.25, 0.3) is 0 Å². The van der Waals surface area contributed by atoms with E-state index < -0.39 is 0 Å². The van der Waals surface area contributed by atoms with E-state index in [4.69, 9.17) is 14.2 Å². The van der Waals surface area contributed by atoms with Crippen molar-refractivity contribution in [2.24, 2.45) is 5.41 Å². The molecular weight excluding hydrogens is 320 g/mol. The summed E-state index contributed by atoms with van der Waals surface area (Å²) in [7, 11) is 4.66. The molecule has 6 heteroatoms. The zero-order valence-corrected chi connectivity index (χ0v) is 16.2. The molecular formula is C19H30N2O4. The largest absolute Gasteiger partial charge is 0.493 e. The summed E-state index contributed by atoms with van der Waals surface area (Å²) >= 11 is 0. The van der Waals surface area contributed by atoms with Gasteiger partial charge in [0.15, 0.2) is 11.5 Å². The van der Waals surface area contributed by atoms with Gasteiger partial charge in [0.1, 0.15) is 0 Å². The Labute approximate surface area is 150 Å². The topological polar surface area (TPSA) is 51.2 Å². The lowest BCUT2D eigenvalue weighted by Crippen LogP contribution is -2.50. The molecule has 0 radical (unpaired) electrons. The highest BCUT2D eigenvalue weighted by Crippen LogP contribution is 2.38. The van der Waals surface area contributed by atoms with Crippen LogP contribution in [0.1, 0.15) is 31.1 Å². The summed E-state index contributed by atoms with van der Waals surface area (Å²) in [6.07, 6.45) is 0. The molecule has 1 aromatic rings. The second kappa shape index (κ2) is 7.95. The van der Waals surface area contributed by atoms with Crippen LogP contribution in [0.3, 0.4) is 0 Å². The first kappa shape index (κ1) is 19.4. The van der Waals surface area contributed by atoms with Gasteiger partial charge < -0.3 is 19.1 Å². The summed E-state index contributed by atoms with van der Waals surface area (Å²) in [5.74, 6) is 1.49. The third kappa shape index (κ3) is 4.78. The Morgan fingerprint density at radius 1 is 0.960 bits per heavy atom. The first-order chi connectivity index (χ1) is 11.8. The second-order valence-electron chi connectivity index (χ2n) is 7.54. The minimum atomic E-state index is -0.00494. The molecule has 1 aromatic carbocycles. The van der Waals surface area contributed by atoms with Gasteiger partial charge in [-0.05, 0) is 17.5 Å². The van der Waals surface area contributed by atoms with Gasteiger partial charge in [-0.3, -0.25) is 9.69 Å². The minimum Gasteiger partial charge on any atom is -0.493 e. The summed E-state index contributed by atoms with van der Waals surface area (Å²) in [6, 6.07) is 3.43. The maximum absolute atomic E-state index is 12.9. The van der Waals surface area contributed by atoms with Crippen molar-refractivity contribution in [3.8, 4) is 17.2 Å². The van der Waals surface area contributed by atoms with E-state index in [2.05, 4.69) is 25.7 Å². The number of carbonyl (C=O) groups excluding carboxylic acids is 1. The Balaban J connectivity index is 2.11. The third-order valence-electron chi connectivity index (χ3n) is 4.27. The fourth-order valence-electron chi connectivity index (χ4n) is 3.17. The first-order valence-corrected chi connectivity index (χ1v) is 8.60. The first-order valence-electron chi connectivity index (χ1n) is 8.60. The van der Waals surface area contributed by atoms with E-state index in [0.717, 1.165) is 32.7 Å². The molecule has 6 nitrogen and oxygen atoms in total. The highest BCUT2D eigenvalue weighted by Gasteiger charge is 2.26. The van der Waals surface area contributed by atoms with Crippen LogP contribution in [-0.4, -0.2) is 69.8 Å². The van der Waals surface area contributed by atoms with E-state index in [1.807, 2.05) is 4.90 Å². The molecule has 1 aliphatic rings. The molecule has 0 N–H and O–H groups in total. The second-order valence-corrected chi connectivity index (χ2v) is 7.54. The van der Waals surface area contributed by atoms with Crippen LogP contribution in [0.4, 0.5) is 0 Å². The van der Waals surface area contributed by atoms with E-state index in [1.165, 1.54) is 0 Å². The van der Waals surface area contributed by atoms with Gasteiger partial charge in [-0.1, -0.05) is 20.8 Å². The molecule has 1 saturated heterocycles. The summed E-state index contributed by atoms with van der Waals surface area (Å²) in [5.41, 5.74) is 0.821. The van der Waals surface area contributed by atoms with Crippen molar-refractivity contribution in [3.63, 3.8) is 0 Å². The molecule has 0 aliphatic carbocycles. The predicted molar refractivity (Wildman–Crippen MR) is 97.9 cm³/mol. The van der Waals surface area contributed by atoms with Gasteiger partial charge >= 0.3 is 0 Å². The number of carbonyl (C=O) groups is 1. The fourth-order valence-corrected chi connectivity index (χ4v) is 3.17. The van der Waals surface area contributed by atoms with Crippen LogP contribution in [0.15, 0.2) is 12.1 Å². The van der Waals surface area contributed by atoms with Gasteiger partial charge in [0, 0.05) is 38.3 Å². The summed E-state index contributed by atoms with van der Waals surface area (Å²) in [4.78, 5) is 17.2. The van der Waals surface area contributed by atoms with Crippen molar-refractivity contribution >= 4 is 5.91 Å². The number of piperazine rings is 1. The molecule has 0 bridgehead atoms. The lowest BCUT2D eigenvalue weighted by atomic mass is 9.96. The minimum absolute atomic E-state index is 0.00494. The molecule has 0 spiro atoms. The van der Waals surface area contributed by atoms with Crippen LogP contribution < -0.4 is 14.2 Å². The van der Waals surface area contributed by atoms with Gasteiger partial charge in [-0.15, -0.1) is 0 Å². The van der Waals surface area contributed by atoms with Crippen molar-refractivity contribution in [1.82, 2.24) is 9.80 Å². The highest BCUT2D eigenvalue weighted by molar-refractivity contribution is 5.95. The lowest BCUT2D eigenvalue weighted by molar-refractivity contribution is 0.0591. The Hall–Kier alpha value is -1.95. The number of hydrogen-bond donors (Lipinski definition) is 0. The monoisotopic (exact) mass is 350 g/mol. The number of methoxy groups -OCH3 is 3. The van der Waals surface area contributed by atoms with Crippen molar-refractivity contribution in [2.75, 3.05) is 54.1 Å². The molecule has 0 saturated carbocycles. The Morgan fingerprint density at radius 2 is 1.48 bits per heavy atom. The van der Waals surface area contributed by atoms with Crippen LogP contribution in [-0.2, 0) is 0 Å². The number of rotatable bonds is 5. The van der Waals surface area contributed by atoms with Gasteiger partial charge in [-0.25, -0.2) is 0 Å². The molecule has 0 atom stereocenters. The van der Waals surface area contributed by atoms with Gasteiger partial charge in [0.05, 0.1) is 21.3 Å². The molecule has 0 unspecified atom stereocenters. The normalized spacial score (nSPS) is 15.8. The standard InChI is InChI=1S/C19H30N2O4/c1-19(2,3)13-20-7-9-21(10-8-20)18(22)14-11-15(23-4)17(25-6)16(12-14)24-5/h11-12H,7-10,13H2,1-6H3. The van der Waals surface area contributed by atoms with E-state index in [-0.39, 0.29) is 11.3 Å². The van der Waals surface area contributed by atoms with Crippen molar-refractivity contribution in [1.29, 1.82) is 0 Å².